The lowest BCUT2D eigenvalue weighted by molar-refractivity contribution is 0.0993. The summed E-state index contributed by atoms with van der Waals surface area (Å²) in [5.41, 5.74) is 4.24. The van der Waals surface area contributed by atoms with Gasteiger partial charge in [-0.15, -0.1) is 0 Å². The zero-order valence-electron chi connectivity index (χ0n) is 11.2. The van der Waals surface area contributed by atoms with Gasteiger partial charge in [-0.3, -0.25) is 4.79 Å². The maximum atomic E-state index is 12.4. The van der Waals surface area contributed by atoms with Crippen molar-refractivity contribution in [3.63, 3.8) is 0 Å². The first kappa shape index (κ1) is 13.3. The van der Waals surface area contributed by atoms with Crippen LogP contribution in [0.3, 0.4) is 0 Å². The van der Waals surface area contributed by atoms with E-state index in [1.165, 1.54) is 11.1 Å². The van der Waals surface area contributed by atoms with Gasteiger partial charge in [-0.25, -0.2) is 0 Å². The molecule has 0 saturated heterocycles. The van der Waals surface area contributed by atoms with Gasteiger partial charge in [0.2, 0.25) is 0 Å². The quantitative estimate of drug-likeness (QED) is 0.876. The van der Waals surface area contributed by atoms with Crippen LogP contribution >= 0.6 is 11.6 Å². The largest absolute Gasteiger partial charge is 0.312 e. The molecule has 1 aliphatic rings. The molecule has 3 rings (SSSR count). The van der Waals surface area contributed by atoms with Crippen molar-refractivity contribution in [3.8, 4) is 0 Å². The fourth-order valence-electron chi connectivity index (χ4n) is 2.57. The summed E-state index contributed by atoms with van der Waals surface area (Å²) >= 11 is 6.11. The summed E-state index contributed by atoms with van der Waals surface area (Å²) in [6.45, 7) is 1.86. The number of benzene rings is 2. The highest BCUT2D eigenvalue weighted by molar-refractivity contribution is 6.31. The van der Waals surface area contributed by atoms with Crippen molar-refractivity contribution in [1.29, 1.82) is 0 Å². The number of Topliss-reactive ketones (excluding diaryl/α,β-unsaturated/α-hetero) is 1. The molecule has 102 valence electrons. The van der Waals surface area contributed by atoms with E-state index < -0.39 is 0 Å². The minimum atomic E-state index is 0.117. The first-order valence-electron chi connectivity index (χ1n) is 6.83. The van der Waals surface area contributed by atoms with Crippen molar-refractivity contribution in [2.75, 3.05) is 6.54 Å². The Hall–Kier alpha value is -1.64. The second kappa shape index (κ2) is 5.78. The number of halogens is 1. The van der Waals surface area contributed by atoms with Crippen molar-refractivity contribution in [1.82, 2.24) is 5.32 Å². The van der Waals surface area contributed by atoms with Crippen LogP contribution < -0.4 is 5.32 Å². The number of ketones is 1. The lowest BCUT2D eigenvalue weighted by Crippen LogP contribution is -2.23. The highest BCUT2D eigenvalue weighted by Crippen LogP contribution is 2.20. The van der Waals surface area contributed by atoms with Gasteiger partial charge < -0.3 is 5.32 Å². The smallest absolute Gasteiger partial charge is 0.167 e. The first-order chi connectivity index (χ1) is 9.74. The third-order valence-corrected chi connectivity index (χ3v) is 4.09. The summed E-state index contributed by atoms with van der Waals surface area (Å²) < 4.78 is 0. The second-order valence-electron chi connectivity index (χ2n) is 5.10. The number of hydrogen-bond acceptors (Lipinski definition) is 2. The molecule has 2 aromatic rings. The first-order valence-corrected chi connectivity index (χ1v) is 7.21. The number of carbonyl (C=O) groups excluding carboxylic acids is 1. The van der Waals surface area contributed by atoms with Gasteiger partial charge in [-0.05, 0) is 41.8 Å². The van der Waals surface area contributed by atoms with E-state index in [1.807, 2.05) is 36.4 Å². The molecule has 20 heavy (non-hydrogen) atoms. The highest BCUT2D eigenvalue weighted by Gasteiger charge is 2.13. The molecule has 0 bridgehead atoms. The Morgan fingerprint density at radius 3 is 2.85 bits per heavy atom. The van der Waals surface area contributed by atoms with Crippen molar-refractivity contribution in [2.45, 2.75) is 19.4 Å². The van der Waals surface area contributed by atoms with Crippen molar-refractivity contribution in [3.05, 3.63) is 69.7 Å². The van der Waals surface area contributed by atoms with Crippen LogP contribution in [0.1, 0.15) is 27.0 Å². The molecule has 3 heteroatoms. The minimum absolute atomic E-state index is 0.117. The molecule has 0 radical (unpaired) electrons. The summed E-state index contributed by atoms with van der Waals surface area (Å²) in [6.07, 6.45) is 1.39. The molecule has 2 nitrogen and oxygen atoms in total. The van der Waals surface area contributed by atoms with Crippen LogP contribution in [0.15, 0.2) is 42.5 Å². The third kappa shape index (κ3) is 2.77. The zero-order chi connectivity index (χ0) is 13.9. The Morgan fingerprint density at radius 1 is 1.15 bits per heavy atom. The van der Waals surface area contributed by atoms with E-state index in [1.54, 1.807) is 0 Å². The Balaban J connectivity index is 1.82. The Bertz CT molecular complexity index is 651. The molecule has 1 heterocycles. The zero-order valence-corrected chi connectivity index (χ0v) is 11.9. The Morgan fingerprint density at radius 2 is 2.00 bits per heavy atom. The fraction of sp³-hybridized carbons (Fsp3) is 0.235. The van der Waals surface area contributed by atoms with Gasteiger partial charge in [0.25, 0.3) is 0 Å². The Kier molecular flexibility index (Phi) is 3.86. The average Bonchev–Trinajstić information content (AvgIpc) is 2.49. The molecule has 0 aliphatic carbocycles. The fourth-order valence-corrected chi connectivity index (χ4v) is 2.77. The predicted octanol–water partition coefficient (Wildman–Crippen LogP) is 3.41. The third-order valence-electron chi connectivity index (χ3n) is 3.72. The van der Waals surface area contributed by atoms with E-state index in [0.717, 1.165) is 30.6 Å². The SMILES string of the molecule is O=C(Cc1ccccc1Cl)c1ccc2c(c1)CNCC2. The molecule has 0 aromatic heterocycles. The lowest BCUT2D eigenvalue weighted by atomic mass is 9.95. The molecular formula is C17H16ClNO. The summed E-state index contributed by atoms with van der Waals surface area (Å²) in [6, 6.07) is 13.5. The van der Waals surface area contributed by atoms with Crippen LogP contribution in [-0.2, 0) is 19.4 Å². The topological polar surface area (TPSA) is 29.1 Å². The van der Waals surface area contributed by atoms with Gasteiger partial charge in [0, 0.05) is 23.6 Å². The summed E-state index contributed by atoms with van der Waals surface area (Å²) in [5, 5.41) is 3.99. The van der Waals surface area contributed by atoms with Crippen molar-refractivity contribution < 1.29 is 4.79 Å². The van der Waals surface area contributed by atoms with Crippen molar-refractivity contribution >= 4 is 17.4 Å². The molecular weight excluding hydrogens is 270 g/mol. The lowest BCUT2D eigenvalue weighted by Gasteiger charge is -2.17. The normalized spacial score (nSPS) is 13.8. The molecule has 2 aromatic carbocycles. The van der Waals surface area contributed by atoms with Gasteiger partial charge in [0.05, 0.1) is 0 Å². The van der Waals surface area contributed by atoms with Crippen molar-refractivity contribution in [2.24, 2.45) is 0 Å². The molecule has 1 aliphatic heterocycles. The van der Waals surface area contributed by atoms with Crippen LogP contribution in [0.25, 0.3) is 0 Å². The van der Waals surface area contributed by atoms with E-state index in [-0.39, 0.29) is 5.78 Å². The average molecular weight is 286 g/mol. The summed E-state index contributed by atoms with van der Waals surface area (Å²) in [5.74, 6) is 0.117. The van der Waals surface area contributed by atoms with Gasteiger partial charge in [0.1, 0.15) is 0 Å². The summed E-state index contributed by atoms with van der Waals surface area (Å²) in [4.78, 5) is 12.4. The van der Waals surface area contributed by atoms with Gasteiger partial charge >= 0.3 is 0 Å². The van der Waals surface area contributed by atoms with Crippen LogP contribution in [0.2, 0.25) is 5.02 Å². The summed E-state index contributed by atoms with van der Waals surface area (Å²) in [7, 11) is 0. The van der Waals surface area contributed by atoms with E-state index in [0.29, 0.717) is 11.4 Å². The molecule has 0 saturated carbocycles. The molecule has 0 fully saturated rings. The standard InChI is InChI=1S/C17H16ClNO/c18-16-4-2-1-3-13(16)10-17(20)14-6-5-12-7-8-19-11-15(12)9-14/h1-6,9,19H,7-8,10-11H2. The number of nitrogens with one attached hydrogen (secondary N) is 1. The molecule has 0 amide bonds. The predicted molar refractivity (Wildman–Crippen MR) is 81.3 cm³/mol. The minimum Gasteiger partial charge on any atom is -0.312 e. The monoisotopic (exact) mass is 285 g/mol. The van der Waals surface area contributed by atoms with E-state index in [4.69, 9.17) is 11.6 Å². The maximum absolute atomic E-state index is 12.4. The number of carbonyl (C=O) groups is 1. The van der Waals surface area contributed by atoms with Gasteiger partial charge in [0.15, 0.2) is 5.78 Å². The van der Waals surface area contributed by atoms with Crippen LogP contribution in [0, 0.1) is 0 Å². The van der Waals surface area contributed by atoms with Crippen LogP contribution in [0.4, 0.5) is 0 Å². The van der Waals surface area contributed by atoms with Gasteiger partial charge in [-0.1, -0.05) is 41.9 Å². The van der Waals surface area contributed by atoms with E-state index in [2.05, 4.69) is 11.4 Å². The number of fused-ring (bicyclic) bond motifs is 1. The number of hydrogen-bond donors (Lipinski definition) is 1. The molecule has 0 unspecified atom stereocenters. The van der Waals surface area contributed by atoms with Gasteiger partial charge in [-0.2, -0.15) is 0 Å². The molecule has 1 N–H and O–H groups in total. The highest BCUT2D eigenvalue weighted by atomic mass is 35.5. The van der Waals surface area contributed by atoms with E-state index in [9.17, 15) is 4.79 Å². The molecule has 0 atom stereocenters. The second-order valence-corrected chi connectivity index (χ2v) is 5.51. The number of rotatable bonds is 3. The molecule has 0 spiro atoms. The Labute approximate surface area is 123 Å². The maximum Gasteiger partial charge on any atom is 0.167 e. The van der Waals surface area contributed by atoms with E-state index >= 15 is 0 Å². The van der Waals surface area contributed by atoms with Crippen LogP contribution in [0.5, 0.6) is 0 Å². The van der Waals surface area contributed by atoms with Crippen LogP contribution in [-0.4, -0.2) is 12.3 Å².